The molecule has 0 N–H and O–H groups in total. The van der Waals surface area contributed by atoms with Gasteiger partial charge in [-0.05, 0) is 51.5 Å². The van der Waals surface area contributed by atoms with Crippen LogP contribution in [0.3, 0.4) is 0 Å². The molecule has 0 spiro atoms. The van der Waals surface area contributed by atoms with Crippen molar-refractivity contribution in [1.82, 2.24) is 0 Å². The molecule has 0 fully saturated rings. The van der Waals surface area contributed by atoms with Crippen molar-refractivity contribution in [2.45, 2.75) is 52.9 Å². The van der Waals surface area contributed by atoms with Gasteiger partial charge < -0.3 is 0 Å². The van der Waals surface area contributed by atoms with Gasteiger partial charge in [0.1, 0.15) is 0 Å². The van der Waals surface area contributed by atoms with E-state index in [1.165, 1.54) is 29.6 Å². The number of hydrogen-bond donors (Lipinski definition) is 1. The van der Waals surface area contributed by atoms with E-state index in [0.29, 0.717) is 0 Å². The lowest BCUT2D eigenvalue weighted by atomic mass is 9.86. The van der Waals surface area contributed by atoms with Gasteiger partial charge in [-0.2, -0.15) is 0 Å². The van der Waals surface area contributed by atoms with E-state index in [2.05, 4.69) is 26.5 Å². The summed E-state index contributed by atoms with van der Waals surface area (Å²) in [5, 5.41) is -0.0643. The van der Waals surface area contributed by atoms with E-state index >= 15 is 0 Å². The highest BCUT2D eigenvalue weighted by molar-refractivity contribution is 7.97. The first-order valence-electron chi connectivity index (χ1n) is 5.70. The predicted octanol–water partition coefficient (Wildman–Crippen LogP) is 4.06. The summed E-state index contributed by atoms with van der Waals surface area (Å²) < 4.78 is 0. The van der Waals surface area contributed by atoms with Gasteiger partial charge >= 0.3 is 0 Å². The van der Waals surface area contributed by atoms with Crippen LogP contribution in [0, 0.1) is 0 Å². The van der Waals surface area contributed by atoms with Crippen molar-refractivity contribution in [2.24, 2.45) is 0 Å². The molecule has 0 saturated heterocycles. The van der Waals surface area contributed by atoms with Gasteiger partial charge in [0, 0.05) is 5.57 Å². The maximum Gasteiger partial charge on any atom is 0.216 e. The third-order valence-corrected chi connectivity index (χ3v) is 3.44. The molecule has 0 bridgehead atoms. The number of hydrogen-bond acceptors (Lipinski definition) is 1. The van der Waals surface area contributed by atoms with Crippen LogP contribution in [0.1, 0.15) is 52.9 Å². The van der Waals surface area contributed by atoms with Crippen molar-refractivity contribution in [3.63, 3.8) is 0 Å². The number of carbonyl (C=O) groups excluding carboxylic acids is 1. The van der Waals surface area contributed by atoms with Crippen molar-refractivity contribution in [1.29, 1.82) is 0 Å². The average molecular weight is 224 g/mol. The maximum atomic E-state index is 11.6. The Labute approximate surface area is 98.1 Å². The summed E-state index contributed by atoms with van der Waals surface area (Å²) in [6, 6.07) is 0. The van der Waals surface area contributed by atoms with Crippen molar-refractivity contribution in [2.75, 3.05) is 0 Å². The number of thiol groups is 1. The Morgan fingerprint density at radius 1 is 1.33 bits per heavy atom. The molecule has 84 valence electrons. The second kappa shape index (κ2) is 5.55. The fraction of sp³-hybridized carbons (Fsp3) is 0.615. The molecule has 1 aliphatic rings. The smallest absolute Gasteiger partial charge is 0.216 e. The number of rotatable bonds is 3. The van der Waals surface area contributed by atoms with Gasteiger partial charge in [0.2, 0.25) is 5.12 Å². The summed E-state index contributed by atoms with van der Waals surface area (Å²) in [4.78, 5) is 11.6. The first kappa shape index (κ1) is 12.6. The van der Waals surface area contributed by atoms with Gasteiger partial charge in [0.05, 0.1) is 0 Å². The van der Waals surface area contributed by atoms with Crippen LogP contribution >= 0.6 is 12.6 Å². The summed E-state index contributed by atoms with van der Waals surface area (Å²) in [6.45, 7) is 6.28. The minimum atomic E-state index is -0.0643. The Balaban J connectivity index is 3.16. The molecule has 1 nitrogen and oxygen atoms in total. The Morgan fingerprint density at radius 2 is 1.93 bits per heavy atom. The average Bonchev–Trinajstić information content (AvgIpc) is 2.20. The minimum absolute atomic E-state index is 0.0643. The van der Waals surface area contributed by atoms with Gasteiger partial charge in [0.25, 0.3) is 0 Å². The Hall–Kier alpha value is -0.500. The van der Waals surface area contributed by atoms with Gasteiger partial charge in [0.15, 0.2) is 0 Å². The van der Waals surface area contributed by atoms with Crippen molar-refractivity contribution in [3.05, 3.63) is 22.3 Å². The lowest BCUT2D eigenvalue weighted by molar-refractivity contribution is -0.107. The highest BCUT2D eigenvalue weighted by Gasteiger charge is 2.18. The fourth-order valence-electron chi connectivity index (χ4n) is 2.14. The van der Waals surface area contributed by atoms with Crippen LogP contribution in [0.5, 0.6) is 0 Å². The molecular formula is C13H20OS. The van der Waals surface area contributed by atoms with Crippen LogP contribution in [0.2, 0.25) is 0 Å². The molecule has 0 unspecified atom stereocenters. The molecule has 1 aliphatic carbocycles. The maximum absolute atomic E-state index is 11.6. The van der Waals surface area contributed by atoms with Gasteiger partial charge in [-0.1, -0.05) is 18.1 Å². The molecular weight excluding hydrogens is 204 g/mol. The Morgan fingerprint density at radius 3 is 2.40 bits per heavy atom. The van der Waals surface area contributed by atoms with E-state index in [-0.39, 0.29) is 5.12 Å². The third-order valence-electron chi connectivity index (χ3n) is 3.22. The lowest BCUT2D eigenvalue weighted by Gasteiger charge is -2.20. The predicted molar refractivity (Wildman–Crippen MR) is 68.2 cm³/mol. The first-order chi connectivity index (χ1) is 7.07. The van der Waals surface area contributed by atoms with Crippen LogP contribution in [0.4, 0.5) is 0 Å². The summed E-state index contributed by atoms with van der Waals surface area (Å²) in [6.07, 6.45) is 5.57. The van der Waals surface area contributed by atoms with Crippen molar-refractivity contribution in [3.8, 4) is 0 Å². The lowest BCUT2D eigenvalue weighted by Crippen LogP contribution is -2.07. The highest BCUT2D eigenvalue weighted by Crippen LogP contribution is 2.32. The number of carbonyl (C=O) groups is 1. The van der Waals surface area contributed by atoms with Crippen molar-refractivity contribution < 1.29 is 4.79 Å². The minimum Gasteiger partial charge on any atom is -0.282 e. The summed E-state index contributed by atoms with van der Waals surface area (Å²) >= 11 is 4.01. The summed E-state index contributed by atoms with van der Waals surface area (Å²) in [5.74, 6) is 0. The molecule has 0 amide bonds. The van der Waals surface area contributed by atoms with Crippen LogP contribution in [-0.4, -0.2) is 5.12 Å². The molecule has 0 heterocycles. The zero-order chi connectivity index (χ0) is 11.4. The van der Waals surface area contributed by atoms with E-state index in [9.17, 15) is 4.79 Å². The molecule has 1 rings (SSSR count). The van der Waals surface area contributed by atoms with Crippen molar-refractivity contribution >= 4 is 17.7 Å². The SMILES string of the molecule is CC/C(C)=C(\C(=O)S)C1=C(C)CCCC1. The molecule has 0 radical (unpaired) electrons. The van der Waals surface area contributed by atoms with E-state index in [0.717, 1.165) is 24.8 Å². The van der Waals surface area contributed by atoms with Crippen LogP contribution in [0.15, 0.2) is 22.3 Å². The first-order valence-corrected chi connectivity index (χ1v) is 6.14. The molecule has 0 saturated carbocycles. The summed E-state index contributed by atoms with van der Waals surface area (Å²) in [7, 11) is 0. The van der Waals surface area contributed by atoms with E-state index in [1.54, 1.807) is 0 Å². The van der Waals surface area contributed by atoms with Crippen LogP contribution in [-0.2, 0) is 4.79 Å². The van der Waals surface area contributed by atoms with Gasteiger partial charge in [-0.25, -0.2) is 0 Å². The van der Waals surface area contributed by atoms with Gasteiger partial charge in [-0.3, -0.25) is 4.79 Å². The second-order valence-electron chi connectivity index (χ2n) is 4.28. The standard InChI is InChI=1S/C13H20OS/c1-4-9(2)12(13(14)15)11-8-6-5-7-10(11)3/h4-8H2,1-3H3,(H,14,15)/b12-9-. The topological polar surface area (TPSA) is 17.1 Å². The largest absolute Gasteiger partial charge is 0.282 e. The molecule has 0 atom stereocenters. The second-order valence-corrected chi connectivity index (χ2v) is 4.69. The summed E-state index contributed by atoms with van der Waals surface area (Å²) in [5.41, 5.74) is 4.70. The molecule has 15 heavy (non-hydrogen) atoms. The molecule has 0 aromatic heterocycles. The fourth-order valence-corrected chi connectivity index (χ4v) is 2.47. The molecule has 2 heteroatoms. The van der Waals surface area contributed by atoms with E-state index in [1.807, 2.05) is 6.92 Å². The zero-order valence-corrected chi connectivity index (χ0v) is 10.8. The van der Waals surface area contributed by atoms with E-state index < -0.39 is 0 Å². The normalized spacial score (nSPS) is 18.9. The monoisotopic (exact) mass is 224 g/mol. The number of allylic oxidation sites excluding steroid dienone is 3. The molecule has 0 aromatic rings. The van der Waals surface area contributed by atoms with Crippen LogP contribution < -0.4 is 0 Å². The Bertz CT molecular complexity index is 323. The quantitative estimate of drug-likeness (QED) is 0.565. The molecule has 0 aliphatic heterocycles. The zero-order valence-electron chi connectivity index (χ0n) is 9.89. The Kier molecular flexibility index (Phi) is 4.65. The molecule has 0 aromatic carbocycles. The highest BCUT2D eigenvalue weighted by atomic mass is 32.1. The van der Waals surface area contributed by atoms with Crippen LogP contribution in [0.25, 0.3) is 0 Å². The van der Waals surface area contributed by atoms with E-state index in [4.69, 9.17) is 0 Å². The van der Waals surface area contributed by atoms with Gasteiger partial charge in [-0.15, -0.1) is 12.6 Å². The third kappa shape index (κ3) is 2.97.